The normalized spacial score (nSPS) is 14.6. The summed E-state index contributed by atoms with van der Waals surface area (Å²) < 4.78 is 30.1. The largest absolute Gasteiger partial charge is 0.469 e. The summed E-state index contributed by atoms with van der Waals surface area (Å²) in [6.45, 7) is 0.437. The molecule has 2 aromatic carbocycles. The van der Waals surface area contributed by atoms with E-state index in [1.807, 2.05) is 30.3 Å². The molecule has 0 saturated carbocycles. The zero-order valence-corrected chi connectivity index (χ0v) is 17.2. The molecule has 1 aliphatic heterocycles. The molecule has 1 atom stereocenters. The van der Waals surface area contributed by atoms with Gasteiger partial charge in [-0.1, -0.05) is 30.3 Å². The fraction of sp³-hybridized carbons (Fsp3) is 0.333. The second-order valence-corrected chi connectivity index (χ2v) is 8.91. The molecule has 0 unspecified atom stereocenters. The highest BCUT2D eigenvalue weighted by Crippen LogP contribution is 2.30. The van der Waals surface area contributed by atoms with Crippen molar-refractivity contribution in [3.8, 4) is 0 Å². The minimum absolute atomic E-state index is 0.0129. The van der Waals surface area contributed by atoms with Gasteiger partial charge in [0, 0.05) is 12.1 Å². The number of rotatable bonds is 6. The van der Waals surface area contributed by atoms with Gasteiger partial charge in [-0.05, 0) is 42.2 Å². The van der Waals surface area contributed by atoms with E-state index in [9.17, 15) is 18.0 Å². The first-order valence-corrected chi connectivity index (χ1v) is 11.2. The van der Waals surface area contributed by atoms with E-state index >= 15 is 0 Å². The van der Waals surface area contributed by atoms with Crippen molar-refractivity contribution in [1.29, 1.82) is 0 Å². The highest BCUT2D eigenvalue weighted by molar-refractivity contribution is 7.92. The maximum Gasteiger partial charge on any atom is 0.307 e. The maximum absolute atomic E-state index is 12.9. The van der Waals surface area contributed by atoms with Gasteiger partial charge in [0.2, 0.25) is 10.0 Å². The van der Waals surface area contributed by atoms with Gasteiger partial charge in [0.1, 0.15) is 0 Å². The molecule has 0 aliphatic carbocycles. The summed E-state index contributed by atoms with van der Waals surface area (Å²) in [7, 11) is -2.05. The van der Waals surface area contributed by atoms with Gasteiger partial charge in [0.15, 0.2) is 0 Å². The molecule has 1 heterocycles. The van der Waals surface area contributed by atoms with Crippen LogP contribution in [-0.4, -0.2) is 40.2 Å². The van der Waals surface area contributed by atoms with Gasteiger partial charge in [-0.3, -0.25) is 13.9 Å². The molecule has 1 amide bonds. The number of aryl methyl sites for hydroxylation is 1. The van der Waals surface area contributed by atoms with Crippen LogP contribution in [0.1, 0.15) is 40.4 Å². The van der Waals surface area contributed by atoms with Gasteiger partial charge in [-0.15, -0.1) is 0 Å². The van der Waals surface area contributed by atoms with Gasteiger partial charge >= 0.3 is 5.97 Å². The third-order valence-electron chi connectivity index (χ3n) is 4.92. The molecule has 1 aliphatic rings. The Morgan fingerprint density at radius 3 is 2.55 bits per heavy atom. The Morgan fingerprint density at radius 1 is 1.17 bits per heavy atom. The van der Waals surface area contributed by atoms with Crippen LogP contribution < -0.4 is 9.62 Å². The van der Waals surface area contributed by atoms with Gasteiger partial charge in [-0.2, -0.15) is 0 Å². The third kappa shape index (κ3) is 4.95. The van der Waals surface area contributed by atoms with Crippen molar-refractivity contribution >= 4 is 27.6 Å². The summed E-state index contributed by atoms with van der Waals surface area (Å²) in [6.07, 6.45) is 2.59. The second kappa shape index (κ2) is 8.65. The van der Waals surface area contributed by atoms with Crippen molar-refractivity contribution in [2.75, 3.05) is 24.2 Å². The number of carbonyl (C=O) groups excluding carboxylic acids is 2. The maximum atomic E-state index is 12.9. The van der Waals surface area contributed by atoms with Crippen molar-refractivity contribution in [3.63, 3.8) is 0 Å². The molecule has 29 heavy (non-hydrogen) atoms. The van der Waals surface area contributed by atoms with E-state index in [2.05, 4.69) is 5.32 Å². The van der Waals surface area contributed by atoms with Crippen molar-refractivity contribution in [2.24, 2.45) is 0 Å². The lowest BCUT2D eigenvalue weighted by Gasteiger charge is -2.29. The Labute approximate surface area is 170 Å². The third-order valence-corrected chi connectivity index (χ3v) is 6.10. The Kier molecular flexibility index (Phi) is 6.22. The predicted octanol–water partition coefficient (Wildman–Crippen LogP) is 2.43. The molecule has 0 fully saturated rings. The van der Waals surface area contributed by atoms with Gasteiger partial charge in [-0.25, -0.2) is 8.42 Å². The summed E-state index contributed by atoms with van der Waals surface area (Å²) in [5, 5.41) is 2.89. The van der Waals surface area contributed by atoms with E-state index in [0.29, 0.717) is 30.6 Å². The summed E-state index contributed by atoms with van der Waals surface area (Å²) >= 11 is 0. The van der Waals surface area contributed by atoms with Crippen LogP contribution in [0.2, 0.25) is 0 Å². The molecule has 7 nitrogen and oxygen atoms in total. The quantitative estimate of drug-likeness (QED) is 0.730. The van der Waals surface area contributed by atoms with Crippen LogP contribution in [0.15, 0.2) is 48.5 Å². The van der Waals surface area contributed by atoms with Crippen molar-refractivity contribution in [3.05, 3.63) is 65.2 Å². The number of hydrogen-bond acceptors (Lipinski definition) is 5. The number of carbonyl (C=O) groups is 2. The van der Waals surface area contributed by atoms with Crippen LogP contribution in [-0.2, 0) is 26.0 Å². The number of sulfonamides is 1. The van der Waals surface area contributed by atoms with Gasteiger partial charge in [0.05, 0.1) is 31.5 Å². The molecule has 0 bridgehead atoms. The number of methoxy groups -OCH3 is 1. The molecule has 0 spiro atoms. The summed E-state index contributed by atoms with van der Waals surface area (Å²) in [4.78, 5) is 24.7. The van der Waals surface area contributed by atoms with E-state index in [0.717, 1.165) is 11.1 Å². The lowest BCUT2D eigenvalue weighted by molar-refractivity contribution is -0.141. The van der Waals surface area contributed by atoms with Crippen molar-refractivity contribution < 1.29 is 22.7 Å². The summed E-state index contributed by atoms with van der Waals surface area (Å²) in [6, 6.07) is 13.7. The van der Waals surface area contributed by atoms with E-state index in [1.165, 1.54) is 17.7 Å². The predicted molar refractivity (Wildman–Crippen MR) is 110 cm³/mol. The Bertz CT molecular complexity index is 1000. The standard InChI is InChI=1S/C21H24N2O5S/c1-28-20(24)14-18(15-7-4-3-5-8-15)22-21(25)17-10-11-19-16(13-17)9-6-12-23(19)29(2,26)27/h3-5,7-8,10-11,13,18H,6,9,12,14H2,1-2H3,(H,22,25)/t18-/m0/s1. The van der Waals surface area contributed by atoms with Gasteiger partial charge in [0.25, 0.3) is 5.91 Å². The number of fused-ring (bicyclic) bond motifs is 1. The number of benzene rings is 2. The van der Waals surface area contributed by atoms with Crippen molar-refractivity contribution in [1.82, 2.24) is 5.32 Å². The minimum Gasteiger partial charge on any atom is -0.469 e. The molecule has 0 radical (unpaired) electrons. The molecule has 154 valence electrons. The monoisotopic (exact) mass is 416 g/mol. The zero-order valence-electron chi connectivity index (χ0n) is 16.4. The first kappa shape index (κ1) is 20.9. The molecule has 3 rings (SSSR count). The van der Waals surface area contributed by atoms with Crippen LogP contribution >= 0.6 is 0 Å². The highest BCUT2D eigenvalue weighted by Gasteiger charge is 2.25. The van der Waals surface area contributed by atoms with E-state index < -0.39 is 22.0 Å². The van der Waals surface area contributed by atoms with Crippen LogP contribution in [0, 0.1) is 0 Å². The summed E-state index contributed by atoms with van der Waals surface area (Å²) in [5.74, 6) is -0.754. The molecule has 0 aromatic heterocycles. The summed E-state index contributed by atoms with van der Waals surface area (Å²) in [5.41, 5.74) is 2.65. The number of nitrogens with zero attached hydrogens (tertiary/aromatic N) is 1. The lowest BCUT2D eigenvalue weighted by Crippen LogP contribution is -2.35. The topological polar surface area (TPSA) is 92.8 Å². The Hall–Kier alpha value is -2.87. The molecule has 8 heteroatoms. The Balaban J connectivity index is 1.84. The zero-order chi connectivity index (χ0) is 21.0. The van der Waals surface area contributed by atoms with E-state index in [4.69, 9.17) is 4.74 Å². The molecule has 1 N–H and O–H groups in total. The number of esters is 1. The second-order valence-electron chi connectivity index (χ2n) is 7.00. The highest BCUT2D eigenvalue weighted by atomic mass is 32.2. The molecule has 0 saturated heterocycles. The first-order chi connectivity index (χ1) is 13.8. The fourth-order valence-electron chi connectivity index (χ4n) is 3.48. The van der Waals surface area contributed by atoms with E-state index in [1.54, 1.807) is 18.2 Å². The molecular formula is C21H24N2O5S. The van der Waals surface area contributed by atoms with E-state index in [-0.39, 0.29) is 12.3 Å². The number of ether oxygens (including phenoxy) is 1. The number of anilines is 1. The van der Waals surface area contributed by atoms with Crippen LogP contribution in [0.3, 0.4) is 0 Å². The smallest absolute Gasteiger partial charge is 0.307 e. The molecule has 2 aromatic rings. The number of hydrogen-bond donors (Lipinski definition) is 1. The van der Waals surface area contributed by atoms with Crippen LogP contribution in [0.25, 0.3) is 0 Å². The minimum atomic E-state index is -3.36. The average Bonchev–Trinajstić information content (AvgIpc) is 2.72. The fourth-order valence-corrected chi connectivity index (χ4v) is 4.47. The van der Waals surface area contributed by atoms with Crippen LogP contribution in [0.4, 0.5) is 5.69 Å². The first-order valence-electron chi connectivity index (χ1n) is 9.33. The van der Waals surface area contributed by atoms with Crippen molar-refractivity contribution in [2.45, 2.75) is 25.3 Å². The number of nitrogens with one attached hydrogen (secondary N) is 1. The number of amides is 1. The molecular weight excluding hydrogens is 392 g/mol. The SMILES string of the molecule is COC(=O)C[C@H](NC(=O)c1ccc2c(c1)CCCN2S(C)(=O)=O)c1ccccc1. The van der Waals surface area contributed by atoms with Gasteiger partial charge < -0.3 is 10.1 Å². The Morgan fingerprint density at radius 2 is 1.90 bits per heavy atom. The van der Waals surface area contributed by atoms with Crippen LogP contribution in [0.5, 0.6) is 0 Å². The average molecular weight is 416 g/mol. The lowest BCUT2D eigenvalue weighted by atomic mass is 9.99.